The number of anilines is 2. The fourth-order valence-electron chi connectivity index (χ4n) is 4.62. The van der Waals surface area contributed by atoms with E-state index >= 15 is 0 Å². The third-order valence-corrected chi connectivity index (χ3v) is 7.30. The van der Waals surface area contributed by atoms with Crippen molar-refractivity contribution in [1.82, 2.24) is 14.5 Å². The van der Waals surface area contributed by atoms with Gasteiger partial charge in [0.1, 0.15) is 11.5 Å². The minimum atomic E-state index is -0.285. The van der Waals surface area contributed by atoms with E-state index in [0.29, 0.717) is 0 Å². The average Bonchev–Trinajstić information content (AvgIpc) is 3.33. The standard InChI is InChI=1S/C22H22FN5OS/c1-26-19-4-5-28(13-17(19)16-10-14(23)12-24-21(16)26)15-2-3-20-18(11-15)25-22(30-20)27-6-8-29-9-7-27/h2-3,10-12H,4-9,13H2,1H3. The number of benzene rings is 1. The molecule has 5 heterocycles. The van der Waals surface area contributed by atoms with Crippen LogP contribution in [0.4, 0.5) is 15.2 Å². The summed E-state index contributed by atoms with van der Waals surface area (Å²) in [5.74, 6) is -0.285. The number of morpholine rings is 1. The zero-order valence-corrected chi connectivity index (χ0v) is 17.6. The lowest BCUT2D eigenvalue weighted by Gasteiger charge is -2.29. The Hall–Kier alpha value is -2.71. The van der Waals surface area contributed by atoms with Crippen LogP contribution in [-0.2, 0) is 24.8 Å². The molecule has 8 heteroatoms. The van der Waals surface area contributed by atoms with Crippen molar-refractivity contribution in [1.29, 1.82) is 0 Å². The van der Waals surface area contributed by atoms with Crippen molar-refractivity contribution in [3.8, 4) is 0 Å². The maximum Gasteiger partial charge on any atom is 0.186 e. The summed E-state index contributed by atoms with van der Waals surface area (Å²) < 4.78 is 22.6. The van der Waals surface area contributed by atoms with Gasteiger partial charge in [-0.25, -0.2) is 14.4 Å². The molecule has 0 saturated carbocycles. The molecule has 6 nitrogen and oxygen atoms in total. The van der Waals surface area contributed by atoms with Crippen LogP contribution in [0.15, 0.2) is 30.5 Å². The van der Waals surface area contributed by atoms with E-state index in [4.69, 9.17) is 9.72 Å². The van der Waals surface area contributed by atoms with Crippen LogP contribution in [0.5, 0.6) is 0 Å². The summed E-state index contributed by atoms with van der Waals surface area (Å²) in [5, 5.41) is 1.99. The number of nitrogens with zero attached hydrogens (tertiary/aromatic N) is 5. The number of ether oxygens (including phenoxy) is 1. The molecule has 4 aromatic rings. The molecule has 0 spiro atoms. The molecular formula is C22H22FN5OS. The molecule has 0 bridgehead atoms. The number of fused-ring (bicyclic) bond motifs is 4. The number of pyridine rings is 1. The SMILES string of the molecule is Cn1c2c(c3cc(F)cnc31)CN(c1ccc3sc(N4CCOCC4)nc3c1)CC2. The lowest BCUT2D eigenvalue weighted by atomic mass is 10.0. The molecule has 154 valence electrons. The molecule has 3 aromatic heterocycles. The summed E-state index contributed by atoms with van der Waals surface area (Å²) in [7, 11) is 2.02. The first-order chi connectivity index (χ1) is 14.7. The fourth-order valence-corrected chi connectivity index (χ4v) is 5.62. The van der Waals surface area contributed by atoms with Gasteiger partial charge in [0.2, 0.25) is 0 Å². The zero-order valence-electron chi connectivity index (χ0n) is 16.8. The molecule has 0 N–H and O–H groups in total. The minimum absolute atomic E-state index is 0.285. The third kappa shape index (κ3) is 2.86. The summed E-state index contributed by atoms with van der Waals surface area (Å²) in [6.07, 6.45) is 2.21. The van der Waals surface area contributed by atoms with Crippen molar-refractivity contribution in [2.75, 3.05) is 42.6 Å². The highest BCUT2D eigenvalue weighted by molar-refractivity contribution is 7.22. The number of aryl methyl sites for hydroxylation is 1. The normalized spacial score (nSPS) is 17.1. The number of hydrogen-bond acceptors (Lipinski definition) is 6. The second kappa shape index (κ2) is 6.92. The van der Waals surface area contributed by atoms with Crippen LogP contribution in [0.2, 0.25) is 0 Å². The molecule has 0 unspecified atom stereocenters. The van der Waals surface area contributed by atoms with Crippen molar-refractivity contribution in [3.05, 3.63) is 47.5 Å². The monoisotopic (exact) mass is 423 g/mol. The highest BCUT2D eigenvalue weighted by Crippen LogP contribution is 2.35. The van der Waals surface area contributed by atoms with Crippen molar-refractivity contribution in [3.63, 3.8) is 0 Å². The van der Waals surface area contributed by atoms with E-state index in [-0.39, 0.29) is 5.82 Å². The molecule has 1 fully saturated rings. The molecule has 30 heavy (non-hydrogen) atoms. The molecule has 6 rings (SSSR count). The van der Waals surface area contributed by atoms with Gasteiger partial charge in [0.15, 0.2) is 5.13 Å². The van der Waals surface area contributed by atoms with E-state index in [1.807, 2.05) is 7.05 Å². The topological polar surface area (TPSA) is 46.4 Å². The van der Waals surface area contributed by atoms with E-state index in [0.717, 1.165) is 73.2 Å². The Kier molecular flexibility index (Phi) is 4.17. The Morgan fingerprint density at radius 3 is 2.83 bits per heavy atom. The van der Waals surface area contributed by atoms with Crippen LogP contribution in [0.3, 0.4) is 0 Å². The van der Waals surface area contributed by atoms with Gasteiger partial charge in [-0.15, -0.1) is 0 Å². The Labute approximate surface area is 177 Å². The van der Waals surface area contributed by atoms with Crippen LogP contribution in [-0.4, -0.2) is 47.4 Å². The summed E-state index contributed by atoms with van der Waals surface area (Å²) in [6, 6.07) is 8.15. The van der Waals surface area contributed by atoms with E-state index in [1.165, 1.54) is 22.2 Å². The maximum atomic E-state index is 13.9. The number of aromatic nitrogens is 3. The number of thiazole rings is 1. The zero-order chi connectivity index (χ0) is 20.2. The molecule has 1 saturated heterocycles. The molecular weight excluding hydrogens is 401 g/mol. The maximum absolute atomic E-state index is 13.9. The Balaban J connectivity index is 1.34. The van der Waals surface area contributed by atoms with Crippen molar-refractivity contribution in [2.45, 2.75) is 13.0 Å². The fraction of sp³-hybridized carbons (Fsp3) is 0.364. The molecule has 0 aliphatic carbocycles. The van der Waals surface area contributed by atoms with Crippen LogP contribution < -0.4 is 9.80 Å². The second-order valence-corrected chi connectivity index (χ2v) is 8.94. The predicted octanol–water partition coefficient (Wildman–Crippen LogP) is 3.72. The molecule has 2 aliphatic heterocycles. The molecule has 0 radical (unpaired) electrons. The van der Waals surface area contributed by atoms with Gasteiger partial charge in [-0.05, 0) is 24.3 Å². The highest BCUT2D eigenvalue weighted by atomic mass is 32.1. The second-order valence-electron chi connectivity index (χ2n) is 7.93. The summed E-state index contributed by atoms with van der Waals surface area (Å²) in [6.45, 7) is 4.99. The van der Waals surface area contributed by atoms with Crippen molar-refractivity contribution >= 4 is 43.4 Å². The third-order valence-electron chi connectivity index (χ3n) is 6.20. The van der Waals surface area contributed by atoms with E-state index in [9.17, 15) is 4.39 Å². The van der Waals surface area contributed by atoms with Crippen molar-refractivity contribution < 1.29 is 9.13 Å². The van der Waals surface area contributed by atoms with Crippen LogP contribution >= 0.6 is 11.3 Å². The first-order valence-electron chi connectivity index (χ1n) is 10.3. The molecule has 1 aromatic carbocycles. The Bertz CT molecular complexity index is 1260. The van der Waals surface area contributed by atoms with Gasteiger partial charge in [-0.1, -0.05) is 11.3 Å². The average molecular weight is 424 g/mol. The van der Waals surface area contributed by atoms with Gasteiger partial charge in [-0.2, -0.15) is 0 Å². The molecule has 2 aliphatic rings. The first kappa shape index (κ1) is 18.1. The number of rotatable bonds is 2. The lowest BCUT2D eigenvalue weighted by Crippen LogP contribution is -2.36. The lowest BCUT2D eigenvalue weighted by molar-refractivity contribution is 0.122. The van der Waals surface area contributed by atoms with Gasteiger partial charge in [-0.3, -0.25) is 0 Å². The number of halogens is 1. The highest BCUT2D eigenvalue weighted by Gasteiger charge is 2.24. The van der Waals surface area contributed by atoms with Gasteiger partial charge >= 0.3 is 0 Å². The summed E-state index contributed by atoms with van der Waals surface area (Å²) in [4.78, 5) is 13.9. The number of hydrogen-bond donors (Lipinski definition) is 0. The Morgan fingerprint density at radius 2 is 1.97 bits per heavy atom. The van der Waals surface area contributed by atoms with Gasteiger partial charge in [0, 0.05) is 62.0 Å². The van der Waals surface area contributed by atoms with Crippen LogP contribution in [0, 0.1) is 5.82 Å². The molecule has 0 atom stereocenters. The molecule has 0 amide bonds. The summed E-state index contributed by atoms with van der Waals surface area (Å²) >= 11 is 1.74. The smallest absolute Gasteiger partial charge is 0.186 e. The largest absolute Gasteiger partial charge is 0.378 e. The van der Waals surface area contributed by atoms with Crippen molar-refractivity contribution in [2.24, 2.45) is 7.05 Å². The Morgan fingerprint density at radius 1 is 1.10 bits per heavy atom. The van der Waals surface area contributed by atoms with Gasteiger partial charge in [0.25, 0.3) is 0 Å². The van der Waals surface area contributed by atoms with E-state index < -0.39 is 0 Å². The summed E-state index contributed by atoms with van der Waals surface area (Å²) in [5.41, 5.74) is 5.49. The predicted molar refractivity (Wildman–Crippen MR) is 118 cm³/mol. The van der Waals surface area contributed by atoms with Gasteiger partial charge in [0.05, 0.1) is 29.6 Å². The van der Waals surface area contributed by atoms with E-state index in [1.54, 1.807) is 17.4 Å². The van der Waals surface area contributed by atoms with Gasteiger partial charge < -0.3 is 19.1 Å². The first-order valence-corrected chi connectivity index (χ1v) is 11.1. The quantitative estimate of drug-likeness (QED) is 0.492. The van der Waals surface area contributed by atoms with E-state index in [2.05, 4.69) is 37.5 Å². The van der Waals surface area contributed by atoms with Crippen LogP contribution in [0.25, 0.3) is 21.3 Å². The van der Waals surface area contributed by atoms with Crippen LogP contribution in [0.1, 0.15) is 11.3 Å². The minimum Gasteiger partial charge on any atom is -0.378 e.